The zero-order chi connectivity index (χ0) is 13.0. The van der Waals surface area contributed by atoms with Crippen LogP contribution >= 0.6 is 11.8 Å². The monoisotopic (exact) mass is 266 g/mol. The van der Waals surface area contributed by atoms with Crippen LogP contribution in [-0.4, -0.2) is 55.2 Å². The molecular formula is C8H15F5N2S. The van der Waals surface area contributed by atoms with E-state index in [1.165, 1.54) is 0 Å². The van der Waals surface area contributed by atoms with Gasteiger partial charge in [0.2, 0.25) is 0 Å². The Kier molecular flexibility index (Phi) is 5.99. The van der Waals surface area contributed by atoms with Crippen LogP contribution in [0, 0.1) is 0 Å². The van der Waals surface area contributed by atoms with Crippen LogP contribution in [0.2, 0.25) is 0 Å². The van der Waals surface area contributed by atoms with Gasteiger partial charge in [-0.05, 0) is 14.1 Å². The van der Waals surface area contributed by atoms with E-state index in [1.807, 2.05) is 0 Å². The van der Waals surface area contributed by atoms with Crippen molar-refractivity contribution in [3.05, 3.63) is 0 Å². The zero-order valence-electron chi connectivity index (χ0n) is 9.02. The summed E-state index contributed by atoms with van der Waals surface area (Å²) in [6, 6.07) is 0. The number of alkyl halides is 5. The second-order valence-electron chi connectivity index (χ2n) is 3.52. The minimum absolute atomic E-state index is 0.181. The van der Waals surface area contributed by atoms with Gasteiger partial charge in [0, 0.05) is 18.8 Å². The first-order chi connectivity index (χ1) is 7.13. The molecule has 0 aromatic carbocycles. The standard InChI is InChI=1S/C8H15F5N2S/c1-15(2)3-4-16-6(5-14)7(9,10)8(11,12)13/h6H,3-5,14H2,1-2H3. The molecular weight excluding hydrogens is 251 g/mol. The second-order valence-corrected chi connectivity index (χ2v) is 4.83. The van der Waals surface area contributed by atoms with Crippen molar-refractivity contribution in [3.63, 3.8) is 0 Å². The van der Waals surface area contributed by atoms with Gasteiger partial charge in [0.15, 0.2) is 0 Å². The van der Waals surface area contributed by atoms with Crippen molar-refractivity contribution in [1.82, 2.24) is 4.90 Å². The van der Waals surface area contributed by atoms with Crippen LogP contribution in [0.3, 0.4) is 0 Å². The molecule has 16 heavy (non-hydrogen) atoms. The maximum Gasteiger partial charge on any atom is 0.454 e. The van der Waals surface area contributed by atoms with E-state index >= 15 is 0 Å². The van der Waals surface area contributed by atoms with Crippen LogP contribution in [0.15, 0.2) is 0 Å². The van der Waals surface area contributed by atoms with Crippen LogP contribution in [0.4, 0.5) is 22.0 Å². The van der Waals surface area contributed by atoms with Crippen LogP contribution in [0.1, 0.15) is 0 Å². The van der Waals surface area contributed by atoms with Crippen molar-refractivity contribution in [1.29, 1.82) is 0 Å². The number of nitrogens with two attached hydrogens (primary N) is 1. The van der Waals surface area contributed by atoms with Crippen molar-refractivity contribution in [2.24, 2.45) is 5.73 Å². The van der Waals surface area contributed by atoms with Crippen LogP contribution in [-0.2, 0) is 0 Å². The number of halogens is 5. The Labute approximate surface area is 95.3 Å². The molecule has 0 rings (SSSR count). The van der Waals surface area contributed by atoms with Gasteiger partial charge in [0.05, 0.1) is 5.25 Å². The molecule has 0 heterocycles. The third-order valence-corrected chi connectivity index (χ3v) is 3.16. The van der Waals surface area contributed by atoms with Crippen molar-refractivity contribution < 1.29 is 22.0 Å². The molecule has 0 spiro atoms. The van der Waals surface area contributed by atoms with Gasteiger partial charge < -0.3 is 10.6 Å². The van der Waals surface area contributed by atoms with Crippen molar-refractivity contribution in [2.45, 2.75) is 17.3 Å². The molecule has 0 saturated carbocycles. The molecule has 1 unspecified atom stereocenters. The molecule has 0 radical (unpaired) electrons. The summed E-state index contributed by atoms with van der Waals surface area (Å²) in [7, 11) is 3.42. The highest BCUT2D eigenvalue weighted by atomic mass is 32.2. The molecule has 0 aromatic rings. The highest BCUT2D eigenvalue weighted by Crippen LogP contribution is 2.42. The maximum absolute atomic E-state index is 12.9. The van der Waals surface area contributed by atoms with Crippen molar-refractivity contribution in [2.75, 3.05) is 32.9 Å². The average molecular weight is 266 g/mol. The van der Waals surface area contributed by atoms with Crippen LogP contribution in [0.25, 0.3) is 0 Å². The molecule has 0 saturated heterocycles. The Balaban J connectivity index is 4.38. The Hall–Kier alpha value is -0.0800. The molecule has 2 nitrogen and oxygen atoms in total. The van der Waals surface area contributed by atoms with E-state index in [4.69, 9.17) is 5.73 Å². The summed E-state index contributed by atoms with van der Waals surface area (Å²) in [4.78, 5) is 1.70. The average Bonchev–Trinajstić information content (AvgIpc) is 2.09. The predicted octanol–water partition coefficient (Wildman–Crippen LogP) is 1.81. The van der Waals surface area contributed by atoms with Gasteiger partial charge in [-0.1, -0.05) is 0 Å². The molecule has 0 aliphatic rings. The Bertz CT molecular complexity index is 207. The summed E-state index contributed by atoms with van der Waals surface area (Å²) < 4.78 is 61.8. The SMILES string of the molecule is CN(C)CCSC(CN)C(F)(F)C(F)(F)F. The first-order valence-electron chi connectivity index (χ1n) is 4.54. The van der Waals surface area contributed by atoms with Gasteiger partial charge in [0.25, 0.3) is 0 Å². The highest BCUT2D eigenvalue weighted by molar-refractivity contribution is 8.00. The molecule has 98 valence electrons. The van der Waals surface area contributed by atoms with Gasteiger partial charge in [-0.3, -0.25) is 0 Å². The normalized spacial score (nSPS) is 15.6. The van der Waals surface area contributed by atoms with Gasteiger partial charge >= 0.3 is 12.1 Å². The molecule has 0 aliphatic carbocycles. The first kappa shape index (κ1) is 15.9. The zero-order valence-corrected chi connectivity index (χ0v) is 9.84. The fourth-order valence-electron chi connectivity index (χ4n) is 0.881. The van der Waals surface area contributed by atoms with Gasteiger partial charge in [-0.15, -0.1) is 11.8 Å². The number of thioether (sulfide) groups is 1. The third-order valence-electron chi connectivity index (χ3n) is 1.85. The minimum atomic E-state index is -5.54. The summed E-state index contributed by atoms with van der Waals surface area (Å²) in [5, 5.41) is -1.92. The molecule has 1 atom stereocenters. The first-order valence-corrected chi connectivity index (χ1v) is 5.58. The molecule has 0 amide bonds. The van der Waals surface area contributed by atoms with Gasteiger partial charge in [-0.2, -0.15) is 22.0 Å². The Morgan fingerprint density at radius 1 is 1.19 bits per heavy atom. The summed E-state index contributed by atoms with van der Waals surface area (Å²) in [5.74, 6) is -4.56. The van der Waals surface area contributed by atoms with E-state index in [0.717, 1.165) is 0 Å². The van der Waals surface area contributed by atoms with E-state index in [0.29, 0.717) is 18.3 Å². The highest BCUT2D eigenvalue weighted by Gasteiger charge is 2.61. The Morgan fingerprint density at radius 2 is 1.69 bits per heavy atom. The quantitative estimate of drug-likeness (QED) is 0.743. The summed E-state index contributed by atoms with van der Waals surface area (Å²) in [6.45, 7) is -0.278. The number of rotatable bonds is 6. The molecule has 8 heteroatoms. The number of hydrogen-bond acceptors (Lipinski definition) is 3. The number of hydrogen-bond donors (Lipinski definition) is 1. The molecule has 2 N–H and O–H groups in total. The van der Waals surface area contributed by atoms with E-state index in [1.54, 1.807) is 19.0 Å². The topological polar surface area (TPSA) is 29.3 Å². The van der Waals surface area contributed by atoms with Crippen LogP contribution in [0.5, 0.6) is 0 Å². The lowest BCUT2D eigenvalue weighted by Crippen LogP contribution is -2.49. The van der Waals surface area contributed by atoms with E-state index in [2.05, 4.69) is 0 Å². The molecule has 0 bridgehead atoms. The summed E-state index contributed by atoms with van der Waals surface area (Å²) in [5.41, 5.74) is 4.96. The summed E-state index contributed by atoms with van der Waals surface area (Å²) in [6.07, 6.45) is -5.54. The predicted molar refractivity (Wildman–Crippen MR) is 54.9 cm³/mol. The summed E-state index contributed by atoms with van der Waals surface area (Å²) >= 11 is 0.547. The lowest BCUT2D eigenvalue weighted by atomic mass is 10.2. The fraction of sp³-hybridized carbons (Fsp3) is 1.00. The third kappa shape index (κ3) is 4.42. The lowest BCUT2D eigenvalue weighted by molar-refractivity contribution is -0.280. The maximum atomic E-state index is 12.9. The largest absolute Gasteiger partial charge is 0.454 e. The fourth-order valence-corrected chi connectivity index (χ4v) is 2.11. The lowest BCUT2D eigenvalue weighted by Gasteiger charge is -2.27. The van der Waals surface area contributed by atoms with E-state index in [9.17, 15) is 22.0 Å². The van der Waals surface area contributed by atoms with Gasteiger partial charge in [-0.25, -0.2) is 0 Å². The number of nitrogens with zero attached hydrogens (tertiary/aromatic N) is 1. The molecule has 0 aliphatic heterocycles. The van der Waals surface area contributed by atoms with Gasteiger partial charge in [0.1, 0.15) is 0 Å². The van der Waals surface area contributed by atoms with Crippen LogP contribution < -0.4 is 5.73 Å². The van der Waals surface area contributed by atoms with E-state index < -0.39 is 23.9 Å². The van der Waals surface area contributed by atoms with Crippen molar-refractivity contribution in [3.8, 4) is 0 Å². The minimum Gasteiger partial charge on any atom is -0.329 e. The molecule has 0 aromatic heterocycles. The van der Waals surface area contributed by atoms with E-state index in [-0.39, 0.29) is 5.75 Å². The second kappa shape index (κ2) is 6.02. The van der Waals surface area contributed by atoms with Crippen molar-refractivity contribution >= 4 is 11.8 Å². The molecule has 0 fully saturated rings. The smallest absolute Gasteiger partial charge is 0.329 e. The Morgan fingerprint density at radius 3 is 2.00 bits per heavy atom.